The SMILES string of the molecule is O=C(Cn1ncc(N2CCNCC2)cc1=O)NC1CCc2ccccc21. The van der Waals surface area contributed by atoms with Crippen LogP contribution in [0.25, 0.3) is 0 Å². The molecule has 1 fully saturated rings. The quantitative estimate of drug-likeness (QED) is 0.835. The van der Waals surface area contributed by atoms with Gasteiger partial charge in [0.25, 0.3) is 5.56 Å². The number of fused-ring (bicyclic) bond motifs is 1. The van der Waals surface area contributed by atoms with Crippen LogP contribution in [0.15, 0.2) is 41.3 Å². The van der Waals surface area contributed by atoms with Gasteiger partial charge in [0.05, 0.1) is 17.9 Å². The maximum absolute atomic E-state index is 12.4. The van der Waals surface area contributed by atoms with Gasteiger partial charge in [0, 0.05) is 32.2 Å². The lowest BCUT2D eigenvalue weighted by atomic mass is 10.1. The fourth-order valence-corrected chi connectivity index (χ4v) is 3.72. The lowest BCUT2D eigenvalue weighted by Crippen LogP contribution is -2.44. The Bertz CT molecular complexity index is 857. The van der Waals surface area contributed by atoms with Gasteiger partial charge in [-0.15, -0.1) is 0 Å². The Labute approximate surface area is 152 Å². The molecule has 4 rings (SSSR count). The van der Waals surface area contributed by atoms with Crippen LogP contribution in [0.1, 0.15) is 23.6 Å². The van der Waals surface area contributed by atoms with Gasteiger partial charge in [-0.3, -0.25) is 9.59 Å². The number of benzene rings is 1. The molecular weight excluding hydrogens is 330 g/mol. The number of carbonyl (C=O) groups excluding carboxylic acids is 1. The molecule has 0 bridgehead atoms. The highest BCUT2D eigenvalue weighted by atomic mass is 16.2. The summed E-state index contributed by atoms with van der Waals surface area (Å²) < 4.78 is 1.22. The summed E-state index contributed by atoms with van der Waals surface area (Å²) in [7, 11) is 0. The number of hydrogen-bond donors (Lipinski definition) is 2. The molecule has 2 aliphatic rings. The first-order valence-corrected chi connectivity index (χ1v) is 9.11. The van der Waals surface area contributed by atoms with Crippen molar-refractivity contribution >= 4 is 11.6 Å². The van der Waals surface area contributed by atoms with Gasteiger partial charge in [-0.05, 0) is 24.0 Å². The van der Waals surface area contributed by atoms with Gasteiger partial charge in [-0.2, -0.15) is 5.10 Å². The molecule has 2 aromatic rings. The van der Waals surface area contributed by atoms with E-state index in [0.29, 0.717) is 0 Å². The Morgan fingerprint density at radius 3 is 2.88 bits per heavy atom. The monoisotopic (exact) mass is 353 g/mol. The average molecular weight is 353 g/mol. The lowest BCUT2D eigenvalue weighted by molar-refractivity contribution is -0.122. The van der Waals surface area contributed by atoms with E-state index < -0.39 is 0 Å². The van der Waals surface area contributed by atoms with Gasteiger partial charge in [-0.1, -0.05) is 24.3 Å². The van der Waals surface area contributed by atoms with Crippen molar-refractivity contribution in [3.05, 3.63) is 58.0 Å². The number of carbonyl (C=O) groups is 1. The van der Waals surface area contributed by atoms with Crippen LogP contribution in [0.2, 0.25) is 0 Å². The van der Waals surface area contributed by atoms with Crippen LogP contribution in [-0.2, 0) is 17.8 Å². The van der Waals surface area contributed by atoms with Gasteiger partial charge in [0.15, 0.2) is 0 Å². The number of aryl methyl sites for hydroxylation is 1. The molecule has 1 aliphatic carbocycles. The Kier molecular flexibility index (Phi) is 4.71. The number of aromatic nitrogens is 2. The van der Waals surface area contributed by atoms with Crippen LogP contribution in [0.4, 0.5) is 5.69 Å². The van der Waals surface area contributed by atoms with Crippen LogP contribution in [0.5, 0.6) is 0 Å². The third-order valence-corrected chi connectivity index (χ3v) is 5.10. The number of rotatable bonds is 4. The molecule has 7 nitrogen and oxygen atoms in total. The summed E-state index contributed by atoms with van der Waals surface area (Å²) in [5, 5.41) is 10.5. The third kappa shape index (κ3) is 3.48. The molecule has 2 heterocycles. The molecule has 0 radical (unpaired) electrons. The molecule has 26 heavy (non-hydrogen) atoms. The Hall–Kier alpha value is -2.67. The molecule has 1 amide bonds. The zero-order chi connectivity index (χ0) is 17.9. The molecule has 136 valence electrons. The van der Waals surface area contributed by atoms with Crippen LogP contribution in [0, 0.1) is 0 Å². The summed E-state index contributed by atoms with van der Waals surface area (Å²) in [6.45, 7) is 3.45. The number of nitrogens with zero attached hydrogens (tertiary/aromatic N) is 3. The predicted molar refractivity (Wildman–Crippen MR) is 99.2 cm³/mol. The molecule has 0 spiro atoms. The van der Waals surface area contributed by atoms with Crippen molar-refractivity contribution in [3.8, 4) is 0 Å². The first kappa shape index (κ1) is 16.8. The normalized spacial score (nSPS) is 19.2. The van der Waals surface area contributed by atoms with Gasteiger partial charge >= 0.3 is 0 Å². The van der Waals surface area contributed by atoms with Crippen molar-refractivity contribution in [2.24, 2.45) is 0 Å². The highest BCUT2D eigenvalue weighted by Gasteiger charge is 2.23. The average Bonchev–Trinajstić information content (AvgIpc) is 3.07. The van der Waals surface area contributed by atoms with E-state index in [9.17, 15) is 9.59 Å². The van der Waals surface area contributed by atoms with Crippen molar-refractivity contribution < 1.29 is 4.79 Å². The largest absolute Gasteiger partial charge is 0.368 e. The second-order valence-corrected chi connectivity index (χ2v) is 6.80. The van der Waals surface area contributed by atoms with Crippen molar-refractivity contribution in [1.82, 2.24) is 20.4 Å². The van der Waals surface area contributed by atoms with E-state index >= 15 is 0 Å². The topological polar surface area (TPSA) is 79.3 Å². The zero-order valence-electron chi connectivity index (χ0n) is 14.6. The van der Waals surface area contributed by atoms with E-state index in [4.69, 9.17) is 0 Å². The standard InChI is InChI=1S/C19H23N5O2/c25-18(22-17-6-5-14-3-1-2-4-16(14)17)13-24-19(26)11-15(12-21-24)23-9-7-20-8-10-23/h1-4,11-12,17,20H,5-10,13H2,(H,22,25). The number of hydrogen-bond acceptors (Lipinski definition) is 5. The van der Waals surface area contributed by atoms with Crippen LogP contribution >= 0.6 is 0 Å². The highest BCUT2D eigenvalue weighted by molar-refractivity contribution is 5.76. The van der Waals surface area contributed by atoms with Crippen molar-refractivity contribution in [2.75, 3.05) is 31.1 Å². The fourth-order valence-electron chi connectivity index (χ4n) is 3.72. The predicted octanol–water partition coefficient (Wildman–Crippen LogP) is 0.457. The van der Waals surface area contributed by atoms with E-state index in [1.165, 1.54) is 15.8 Å². The van der Waals surface area contributed by atoms with Crippen LogP contribution < -0.4 is 21.1 Å². The Morgan fingerprint density at radius 1 is 1.27 bits per heavy atom. The summed E-state index contributed by atoms with van der Waals surface area (Å²) in [5.41, 5.74) is 3.03. The first-order valence-electron chi connectivity index (χ1n) is 9.11. The molecule has 1 atom stereocenters. The molecular formula is C19H23N5O2. The van der Waals surface area contributed by atoms with Crippen LogP contribution in [0.3, 0.4) is 0 Å². The number of piperazine rings is 1. The first-order chi connectivity index (χ1) is 12.7. The van der Waals surface area contributed by atoms with E-state index in [0.717, 1.165) is 44.7 Å². The van der Waals surface area contributed by atoms with Crippen molar-refractivity contribution in [2.45, 2.75) is 25.4 Å². The maximum atomic E-state index is 12.4. The minimum atomic E-state index is -0.247. The maximum Gasteiger partial charge on any atom is 0.269 e. The van der Waals surface area contributed by atoms with Gasteiger partial charge in [0.1, 0.15) is 6.54 Å². The number of anilines is 1. The second-order valence-electron chi connectivity index (χ2n) is 6.80. The molecule has 0 saturated carbocycles. The van der Waals surface area contributed by atoms with E-state index in [1.54, 1.807) is 12.3 Å². The molecule has 7 heteroatoms. The van der Waals surface area contributed by atoms with Gasteiger partial charge in [0.2, 0.25) is 5.91 Å². The smallest absolute Gasteiger partial charge is 0.269 e. The highest BCUT2D eigenvalue weighted by Crippen LogP contribution is 2.30. The van der Waals surface area contributed by atoms with Gasteiger partial charge < -0.3 is 15.5 Å². The van der Waals surface area contributed by atoms with Crippen LogP contribution in [-0.4, -0.2) is 41.9 Å². The summed E-state index contributed by atoms with van der Waals surface area (Å²) in [4.78, 5) is 26.8. The molecule has 1 saturated heterocycles. The Morgan fingerprint density at radius 2 is 2.08 bits per heavy atom. The summed E-state index contributed by atoms with van der Waals surface area (Å²) in [5.74, 6) is -0.184. The second kappa shape index (κ2) is 7.29. The lowest BCUT2D eigenvalue weighted by Gasteiger charge is -2.28. The van der Waals surface area contributed by atoms with Crippen molar-refractivity contribution in [3.63, 3.8) is 0 Å². The van der Waals surface area contributed by atoms with E-state index in [2.05, 4.69) is 32.8 Å². The van der Waals surface area contributed by atoms with Crippen molar-refractivity contribution in [1.29, 1.82) is 0 Å². The molecule has 1 unspecified atom stereocenters. The summed E-state index contributed by atoms with van der Waals surface area (Å²) in [6, 6.07) is 9.75. The fraction of sp³-hybridized carbons (Fsp3) is 0.421. The molecule has 1 aliphatic heterocycles. The minimum absolute atomic E-state index is 0.0227. The summed E-state index contributed by atoms with van der Waals surface area (Å²) in [6.07, 6.45) is 3.54. The summed E-state index contributed by atoms with van der Waals surface area (Å²) >= 11 is 0. The zero-order valence-corrected chi connectivity index (χ0v) is 14.6. The van der Waals surface area contributed by atoms with E-state index in [1.807, 2.05) is 12.1 Å². The molecule has 1 aromatic carbocycles. The van der Waals surface area contributed by atoms with E-state index in [-0.39, 0.29) is 24.1 Å². The number of nitrogens with one attached hydrogen (secondary N) is 2. The molecule has 2 N–H and O–H groups in total. The molecule has 1 aromatic heterocycles. The number of amides is 1. The third-order valence-electron chi connectivity index (χ3n) is 5.10. The van der Waals surface area contributed by atoms with Gasteiger partial charge in [-0.25, -0.2) is 4.68 Å². The Balaban J connectivity index is 1.41. The minimum Gasteiger partial charge on any atom is -0.368 e.